The summed E-state index contributed by atoms with van der Waals surface area (Å²) in [7, 11) is 0. The number of hydrogen-bond donors (Lipinski definition) is 15. The lowest BCUT2D eigenvalue weighted by Crippen LogP contribution is -2.61. The number of nitrogens with two attached hydrogens (primary N) is 4. The van der Waals surface area contributed by atoms with Gasteiger partial charge < -0.3 is 70.2 Å². The van der Waals surface area contributed by atoms with Crippen molar-refractivity contribution in [2.24, 2.45) is 27.9 Å². The molecule has 0 aliphatic carbocycles. The Kier molecular flexibility index (Phi) is 21.0. The highest BCUT2D eigenvalue weighted by atomic mass is 32.1. The summed E-state index contributed by atoms with van der Waals surface area (Å²) in [4.78, 5) is 103. The molecule has 0 heterocycles. The third-order valence-electron chi connectivity index (χ3n) is 6.29. The van der Waals surface area contributed by atoms with Gasteiger partial charge in [0.05, 0.1) is 31.7 Å². The number of aliphatic carboxylic acids is 1. The van der Waals surface area contributed by atoms with Crippen molar-refractivity contribution in [3.8, 4) is 0 Å². The lowest BCUT2D eigenvalue weighted by Gasteiger charge is -2.26. The van der Waals surface area contributed by atoms with Crippen molar-refractivity contribution in [2.45, 2.75) is 68.5 Å². The Morgan fingerprint density at radius 2 is 1.31 bits per heavy atom. The largest absolute Gasteiger partial charge is 0.481 e. The van der Waals surface area contributed by atoms with E-state index >= 15 is 0 Å². The molecule has 24 heteroatoms. The van der Waals surface area contributed by atoms with Crippen LogP contribution in [0.4, 0.5) is 0 Å². The van der Waals surface area contributed by atoms with Crippen LogP contribution >= 0.6 is 25.3 Å². The molecule has 0 unspecified atom stereocenters. The van der Waals surface area contributed by atoms with E-state index in [-0.39, 0.29) is 36.9 Å². The number of carboxylic acids is 1. The van der Waals surface area contributed by atoms with Crippen LogP contribution in [-0.4, -0.2) is 142 Å². The number of aliphatic hydroxyl groups is 2. The predicted molar refractivity (Wildman–Crippen MR) is 178 cm³/mol. The van der Waals surface area contributed by atoms with Crippen LogP contribution in [0.1, 0.15) is 26.2 Å². The summed E-state index contributed by atoms with van der Waals surface area (Å²) >= 11 is 7.79. The first-order valence-corrected chi connectivity index (χ1v) is 15.8. The standard InChI is InChI=1S/C25H45N11O11S2/c1-10(38)18(24(47)31-6-16(39)32-15(9-49)19(27)42)36-22(45)13(5-17(40)41)34-23(46)14(7-37)35-21(44)12(3-2-4-30-25(28)29)33-20(43)11(26)8-48/h10-15,18,37-38,48-49H,2-9,26H2,1H3,(H2,27,42)(H,31,47)(H,32,39)(H,33,43)(H,34,46)(H,35,44)(H,36,45)(H,40,41)(H4,28,29,30)/t10-,11+,12+,13+,14+,15+,18+/m1/s1. The van der Waals surface area contributed by atoms with Gasteiger partial charge in [0.2, 0.25) is 41.4 Å². The van der Waals surface area contributed by atoms with Crippen molar-refractivity contribution >= 4 is 78.5 Å². The first-order valence-electron chi connectivity index (χ1n) is 14.5. The molecule has 7 atom stereocenters. The minimum Gasteiger partial charge on any atom is -0.481 e. The highest BCUT2D eigenvalue weighted by molar-refractivity contribution is 7.80. The van der Waals surface area contributed by atoms with Gasteiger partial charge in [-0.25, -0.2) is 0 Å². The molecule has 0 bridgehead atoms. The van der Waals surface area contributed by atoms with Crippen LogP contribution in [-0.2, 0) is 38.4 Å². The Hall–Kier alpha value is -4.39. The van der Waals surface area contributed by atoms with Crippen molar-refractivity contribution < 1.29 is 53.7 Å². The van der Waals surface area contributed by atoms with Gasteiger partial charge in [0.1, 0.15) is 30.2 Å². The lowest BCUT2D eigenvalue weighted by atomic mass is 10.1. The van der Waals surface area contributed by atoms with Gasteiger partial charge in [-0.15, -0.1) is 0 Å². The van der Waals surface area contributed by atoms with Gasteiger partial charge in [0.25, 0.3) is 0 Å². The van der Waals surface area contributed by atoms with E-state index in [4.69, 9.17) is 22.9 Å². The van der Waals surface area contributed by atoms with E-state index in [1.165, 1.54) is 0 Å². The van der Waals surface area contributed by atoms with E-state index in [9.17, 15) is 53.7 Å². The summed E-state index contributed by atoms with van der Waals surface area (Å²) in [5.74, 6) is -9.11. The fourth-order valence-electron chi connectivity index (χ4n) is 3.65. The van der Waals surface area contributed by atoms with Gasteiger partial charge in [-0.3, -0.25) is 43.3 Å². The zero-order valence-corrected chi connectivity index (χ0v) is 28.2. The molecule has 0 saturated carbocycles. The number of guanidine groups is 1. The third-order valence-corrected chi connectivity index (χ3v) is 7.04. The number of amides is 7. The van der Waals surface area contributed by atoms with Gasteiger partial charge in [0, 0.05) is 18.1 Å². The minimum absolute atomic E-state index is 0.0527. The van der Waals surface area contributed by atoms with E-state index in [1.807, 2.05) is 0 Å². The van der Waals surface area contributed by atoms with Gasteiger partial charge in [0.15, 0.2) is 5.96 Å². The zero-order valence-electron chi connectivity index (χ0n) is 26.5. The van der Waals surface area contributed by atoms with Crippen LogP contribution in [0.25, 0.3) is 0 Å². The van der Waals surface area contributed by atoms with E-state index in [2.05, 4.69) is 62.2 Å². The Morgan fingerprint density at radius 3 is 1.80 bits per heavy atom. The first-order chi connectivity index (χ1) is 22.9. The maximum Gasteiger partial charge on any atom is 0.305 e. The summed E-state index contributed by atoms with van der Waals surface area (Å²) in [6.07, 6.45) is -2.54. The molecule has 7 amide bonds. The summed E-state index contributed by atoms with van der Waals surface area (Å²) in [5.41, 5.74) is 21.3. The molecule has 0 radical (unpaired) electrons. The number of aliphatic hydroxyl groups excluding tert-OH is 2. The Bertz CT molecular complexity index is 1220. The van der Waals surface area contributed by atoms with Crippen molar-refractivity contribution in [1.82, 2.24) is 31.9 Å². The van der Waals surface area contributed by atoms with Crippen LogP contribution in [0.2, 0.25) is 0 Å². The molecular formula is C25H45N11O11S2. The van der Waals surface area contributed by atoms with Crippen molar-refractivity contribution in [3.05, 3.63) is 0 Å². The number of hydrogen-bond acceptors (Lipinski definition) is 14. The highest BCUT2D eigenvalue weighted by Crippen LogP contribution is 2.03. The van der Waals surface area contributed by atoms with Gasteiger partial charge in [-0.05, 0) is 19.8 Å². The number of rotatable bonds is 23. The number of primary amides is 1. The predicted octanol–water partition coefficient (Wildman–Crippen LogP) is -7.90. The molecule has 49 heavy (non-hydrogen) atoms. The van der Waals surface area contributed by atoms with Gasteiger partial charge in [-0.2, -0.15) is 25.3 Å². The fourth-order valence-corrected chi connectivity index (χ4v) is 4.08. The highest BCUT2D eigenvalue weighted by Gasteiger charge is 2.34. The molecule has 0 aromatic carbocycles. The fraction of sp³-hybridized carbons (Fsp3) is 0.640. The van der Waals surface area contributed by atoms with Crippen LogP contribution in [0, 0.1) is 0 Å². The molecule has 0 fully saturated rings. The van der Waals surface area contributed by atoms with Crippen molar-refractivity contribution in [3.63, 3.8) is 0 Å². The van der Waals surface area contributed by atoms with Crippen LogP contribution < -0.4 is 54.8 Å². The van der Waals surface area contributed by atoms with E-state index in [1.54, 1.807) is 0 Å². The van der Waals surface area contributed by atoms with E-state index in [0.29, 0.717) is 0 Å². The number of carbonyl (C=O) groups is 8. The Balaban J connectivity index is 5.75. The maximum atomic E-state index is 13.0. The van der Waals surface area contributed by atoms with Crippen LogP contribution in [0.15, 0.2) is 4.99 Å². The van der Waals surface area contributed by atoms with Crippen LogP contribution in [0.5, 0.6) is 0 Å². The monoisotopic (exact) mass is 739 g/mol. The lowest BCUT2D eigenvalue weighted by molar-refractivity contribution is -0.142. The zero-order chi connectivity index (χ0) is 37.8. The molecular weight excluding hydrogens is 694 g/mol. The summed E-state index contributed by atoms with van der Waals surface area (Å²) in [6.45, 7) is -0.610. The average molecular weight is 740 g/mol. The molecule has 0 aromatic heterocycles. The van der Waals surface area contributed by atoms with E-state index in [0.717, 1.165) is 6.92 Å². The maximum absolute atomic E-state index is 13.0. The smallest absolute Gasteiger partial charge is 0.305 e. The van der Waals surface area contributed by atoms with Crippen molar-refractivity contribution in [1.29, 1.82) is 0 Å². The van der Waals surface area contributed by atoms with Gasteiger partial charge >= 0.3 is 5.97 Å². The quantitative estimate of drug-likeness (QED) is 0.0200. The SMILES string of the molecule is C[C@@H](O)[C@H](NC(=O)[C@H](CC(=O)O)NC(=O)[C@H](CO)NC(=O)[C@H](CCCN=C(N)N)NC(=O)[C@@H](N)CS)C(=O)NCC(=O)N[C@@H](CS)C(N)=O. The van der Waals surface area contributed by atoms with Crippen molar-refractivity contribution in [2.75, 3.05) is 31.2 Å². The second-order valence-electron chi connectivity index (χ2n) is 10.4. The number of thiol groups is 2. The Morgan fingerprint density at radius 1 is 0.755 bits per heavy atom. The average Bonchev–Trinajstić information content (AvgIpc) is 3.03. The number of nitrogens with zero attached hydrogens (tertiary/aromatic N) is 1. The van der Waals surface area contributed by atoms with Gasteiger partial charge in [-0.1, -0.05) is 0 Å². The molecule has 0 aromatic rings. The molecule has 0 aliphatic heterocycles. The number of nitrogens with one attached hydrogen (secondary N) is 6. The minimum atomic E-state index is -1.91. The number of aliphatic imine (C=N–C) groups is 1. The molecule has 0 aliphatic rings. The van der Waals surface area contributed by atoms with Crippen LogP contribution in [0.3, 0.4) is 0 Å². The Labute approximate surface area is 291 Å². The second kappa shape index (κ2) is 23.0. The summed E-state index contributed by atoms with van der Waals surface area (Å²) in [5, 5.41) is 42.3. The molecule has 0 saturated heterocycles. The normalized spacial score (nSPS) is 15.0. The first kappa shape index (κ1) is 44.6. The number of carbonyl (C=O) groups excluding carboxylic acids is 7. The second-order valence-corrected chi connectivity index (χ2v) is 11.1. The molecule has 0 spiro atoms. The molecule has 17 N–H and O–H groups in total. The summed E-state index contributed by atoms with van der Waals surface area (Å²) < 4.78 is 0. The van der Waals surface area contributed by atoms with E-state index < -0.39 is 109 Å². The number of carboxylic acid groups (broad SMARTS) is 1. The molecule has 278 valence electrons. The molecule has 0 rings (SSSR count). The third kappa shape index (κ3) is 17.5. The molecule has 22 nitrogen and oxygen atoms in total. The summed E-state index contributed by atoms with van der Waals surface area (Å²) in [6, 6.07) is -9.01. The topological polar surface area (TPSA) is 386 Å².